The van der Waals surface area contributed by atoms with E-state index in [1.165, 1.54) is 21.6 Å². The number of nitrogen functional groups attached to an aromatic ring is 1. The number of alkyl halides is 2. The molecule has 3 atom stereocenters. The zero-order chi connectivity index (χ0) is 22.4. The van der Waals surface area contributed by atoms with Crippen LogP contribution in [-0.2, 0) is 14.2 Å². The zero-order valence-electron chi connectivity index (χ0n) is 15.8. The predicted molar refractivity (Wildman–Crippen MR) is 108 cm³/mol. The van der Waals surface area contributed by atoms with Crippen LogP contribution in [0.1, 0.15) is 6.23 Å². The molecule has 168 valence electrons. The second kappa shape index (κ2) is 10.3. The molecule has 10 nitrogen and oxygen atoms in total. The molecule has 14 heteroatoms. The number of aliphatic hydroxyl groups excluding tert-OH is 1. The van der Waals surface area contributed by atoms with Crippen molar-refractivity contribution in [2.45, 2.75) is 29.4 Å². The molecule has 2 aromatic heterocycles. The highest BCUT2D eigenvalue weighted by molar-refractivity contribution is 8.76. The Morgan fingerprint density at radius 3 is 2.87 bits per heavy atom. The molecular weight excluding hydrogens is 458 g/mol. The third kappa shape index (κ3) is 5.84. The van der Waals surface area contributed by atoms with Gasteiger partial charge in [0, 0.05) is 18.1 Å². The molecule has 3 heterocycles. The first-order valence-electron chi connectivity index (χ1n) is 8.85. The van der Waals surface area contributed by atoms with Crippen molar-refractivity contribution < 1.29 is 32.9 Å². The van der Waals surface area contributed by atoms with Crippen LogP contribution in [0.3, 0.4) is 0 Å². The van der Waals surface area contributed by atoms with E-state index in [2.05, 4.69) is 9.97 Å². The molecule has 3 unspecified atom stereocenters. The van der Waals surface area contributed by atoms with Gasteiger partial charge in [0.25, 0.3) is 0 Å². The Hall–Kier alpha value is -2.42. The molecule has 0 bridgehead atoms. The van der Waals surface area contributed by atoms with Gasteiger partial charge in [-0.25, -0.2) is 14.6 Å². The van der Waals surface area contributed by atoms with E-state index in [1.54, 1.807) is 12.3 Å². The Labute approximate surface area is 182 Å². The summed E-state index contributed by atoms with van der Waals surface area (Å²) in [5.41, 5.74) is 4.27. The summed E-state index contributed by atoms with van der Waals surface area (Å²) in [7, 11) is 2.80. The standard InChI is InChI=1S/C17H18F2N4O6S2/c18-17(19)13(24)10(29-14(17)23-6-4-11(20)22-15(23)25)9-28-16(26)27-7-8-30-31-12-3-1-2-5-21-12/h1-6,10,13-14,24H,7-9H2,(H2,20,22,25). The SMILES string of the molecule is Nc1ccn(C2OC(COC(=O)OCCSSc3ccccn3)C(O)C2(F)F)c(=O)n1. The van der Waals surface area contributed by atoms with Crippen molar-refractivity contribution in [3.8, 4) is 0 Å². The number of ether oxygens (including phenoxy) is 3. The average molecular weight is 476 g/mol. The average Bonchev–Trinajstić information content (AvgIpc) is 2.96. The van der Waals surface area contributed by atoms with Gasteiger partial charge in [0.15, 0.2) is 6.10 Å². The molecule has 0 aromatic carbocycles. The number of hydrogen-bond acceptors (Lipinski definition) is 11. The first kappa shape index (κ1) is 23.2. The highest BCUT2D eigenvalue weighted by atomic mass is 33.1. The molecule has 0 amide bonds. The fraction of sp³-hybridized carbons (Fsp3) is 0.412. The summed E-state index contributed by atoms with van der Waals surface area (Å²) in [4.78, 5) is 31.0. The minimum atomic E-state index is -3.83. The first-order valence-corrected chi connectivity index (χ1v) is 11.2. The maximum absolute atomic E-state index is 14.4. The van der Waals surface area contributed by atoms with Gasteiger partial charge in [-0.15, -0.1) is 0 Å². The van der Waals surface area contributed by atoms with Crippen LogP contribution >= 0.6 is 21.6 Å². The molecule has 1 fully saturated rings. The fourth-order valence-corrected chi connectivity index (χ4v) is 4.27. The van der Waals surface area contributed by atoms with E-state index in [0.29, 0.717) is 10.3 Å². The minimum absolute atomic E-state index is 0.0166. The van der Waals surface area contributed by atoms with Crippen LogP contribution in [0.2, 0.25) is 0 Å². The number of nitrogens with two attached hydrogens (primary N) is 1. The lowest BCUT2D eigenvalue weighted by atomic mass is 10.1. The number of anilines is 1. The molecule has 0 saturated carbocycles. The van der Waals surface area contributed by atoms with Crippen LogP contribution < -0.4 is 11.4 Å². The van der Waals surface area contributed by atoms with Crippen molar-refractivity contribution in [1.29, 1.82) is 0 Å². The van der Waals surface area contributed by atoms with Gasteiger partial charge in [0.2, 0.25) is 6.23 Å². The lowest BCUT2D eigenvalue weighted by Gasteiger charge is -2.20. The van der Waals surface area contributed by atoms with Crippen molar-refractivity contribution in [2.24, 2.45) is 0 Å². The fourth-order valence-electron chi connectivity index (χ4n) is 2.56. The summed E-state index contributed by atoms with van der Waals surface area (Å²) >= 11 is 0. The number of nitrogens with zero attached hydrogens (tertiary/aromatic N) is 3. The van der Waals surface area contributed by atoms with E-state index in [-0.39, 0.29) is 12.4 Å². The molecular formula is C17H18F2N4O6S2. The topological polar surface area (TPSA) is 139 Å². The van der Waals surface area contributed by atoms with Gasteiger partial charge >= 0.3 is 17.8 Å². The number of aromatic nitrogens is 3. The van der Waals surface area contributed by atoms with Gasteiger partial charge in [-0.2, -0.15) is 13.8 Å². The molecule has 3 N–H and O–H groups in total. The van der Waals surface area contributed by atoms with Crippen LogP contribution in [0.25, 0.3) is 0 Å². The number of halogens is 2. The Balaban J connectivity index is 1.44. The van der Waals surface area contributed by atoms with E-state index in [4.69, 9.17) is 19.9 Å². The quantitative estimate of drug-likeness (QED) is 0.327. The van der Waals surface area contributed by atoms with Crippen LogP contribution in [0.4, 0.5) is 19.4 Å². The van der Waals surface area contributed by atoms with Crippen molar-refractivity contribution in [3.63, 3.8) is 0 Å². The molecule has 2 aromatic rings. The predicted octanol–water partition coefficient (Wildman–Crippen LogP) is 1.71. The lowest BCUT2D eigenvalue weighted by Crippen LogP contribution is -2.42. The number of aliphatic hydroxyl groups is 1. The highest BCUT2D eigenvalue weighted by Crippen LogP contribution is 2.42. The molecule has 0 spiro atoms. The van der Waals surface area contributed by atoms with Crippen LogP contribution in [0.5, 0.6) is 0 Å². The summed E-state index contributed by atoms with van der Waals surface area (Å²) < 4.78 is 44.0. The van der Waals surface area contributed by atoms with Crippen LogP contribution in [-0.4, -0.2) is 62.9 Å². The van der Waals surface area contributed by atoms with Crippen LogP contribution in [0, 0.1) is 0 Å². The molecule has 0 radical (unpaired) electrons. The number of carbonyl (C=O) groups is 1. The highest BCUT2D eigenvalue weighted by Gasteiger charge is 2.60. The van der Waals surface area contributed by atoms with Crippen molar-refractivity contribution >= 4 is 33.6 Å². The monoisotopic (exact) mass is 476 g/mol. The van der Waals surface area contributed by atoms with E-state index in [0.717, 1.165) is 17.3 Å². The third-order valence-electron chi connectivity index (χ3n) is 4.02. The smallest absolute Gasteiger partial charge is 0.433 e. The van der Waals surface area contributed by atoms with Crippen molar-refractivity contribution in [3.05, 3.63) is 47.1 Å². The number of hydrogen-bond donors (Lipinski definition) is 2. The second-order valence-corrected chi connectivity index (χ2v) is 8.61. The molecule has 1 saturated heterocycles. The van der Waals surface area contributed by atoms with Gasteiger partial charge in [0.05, 0.1) is 0 Å². The normalized spacial score (nSPS) is 22.2. The molecule has 31 heavy (non-hydrogen) atoms. The van der Waals surface area contributed by atoms with E-state index in [1.807, 2.05) is 12.1 Å². The van der Waals surface area contributed by atoms with E-state index >= 15 is 0 Å². The molecule has 3 rings (SSSR count). The third-order valence-corrected chi connectivity index (χ3v) is 6.25. The Kier molecular flexibility index (Phi) is 7.69. The maximum Gasteiger partial charge on any atom is 0.508 e. The maximum atomic E-state index is 14.4. The Morgan fingerprint density at radius 2 is 2.16 bits per heavy atom. The van der Waals surface area contributed by atoms with Crippen molar-refractivity contribution in [2.75, 3.05) is 24.7 Å². The van der Waals surface area contributed by atoms with E-state index < -0.39 is 42.8 Å². The largest absolute Gasteiger partial charge is 0.508 e. The number of rotatable bonds is 8. The molecule has 0 aliphatic carbocycles. The summed E-state index contributed by atoms with van der Waals surface area (Å²) in [5.74, 6) is -3.55. The van der Waals surface area contributed by atoms with Crippen molar-refractivity contribution in [1.82, 2.24) is 14.5 Å². The molecule has 1 aliphatic rings. The summed E-state index contributed by atoms with van der Waals surface area (Å²) in [6.07, 6.45) is -4.49. The number of carbonyl (C=O) groups excluding carboxylic acids is 1. The van der Waals surface area contributed by atoms with Gasteiger partial charge < -0.3 is 25.1 Å². The molecule has 1 aliphatic heterocycles. The first-order chi connectivity index (χ1) is 14.8. The minimum Gasteiger partial charge on any atom is -0.433 e. The van der Waals surface area contributed by atoms with Gasteiger partial charge in [0.1, 0.15) is 30.2 Å². The lowest BCUT2D eigenvalue weighted by molar-refractivity contribution is -0.141. The second-order valence-electron chi connectivity index (χ2n) is 6.17. The van der Waals surface area contributed by atoms with Gasteiger partial charge in [-0.3, -0.25) is 4.57 Å². The zero-order valence-corrected chi connectivity index (χ0v) is 17.4. The van der Waals surface area contributed by atoms with Gasteiger partial charge in [-0.05, 0) is 29.0 Å². The summed E-state index contributed by atoms with van der Waals surface area (Å²) in [6, 6.07) is 6.61. The Bertz CT molecular complexity index is 952. The summed E-state index contributed by atoms with van der Waals surface area (Å²) in [5, 5.41) is 10.7. The number of pyridine rings is 1. The van der Waals surface area contributed by atoms with Crippen LogP contribution in [0.15, 0.2) is 46.5 Å². The Morgan fingerprint density at radius 1 is 1.35 bits per heavy atom. The van der Waals surface area contributed by atoms with E-state index in [9.17, 15) is 23.5 Å². The van der Waals surface area contributed by atoms with Gasteiger partial charge in [-0.1, -0.05) is 16.9 Å². The summed E-state index contributed by atoms with van der Waals surface area (Å²) in [6.45, 7) is -0.679.